The van der Waals surface area contributed by atoms with Crippen molar-refractivity contribution in [3.63, 3.8) is 0 Å². The topological polar surface area (TPSA) is 29.1 Å². The van der Waals surface area contributed by atoms with Gasteiger partial charge in [0.15, 0.2) is 0 Å². The Labute approximate surface area is 164 Å². The van der Waals surface area contributed by atoms with Crippen LogP contribution in [0.2, 0.25) is 0 Å². The fourth-order valence-electron chi connectivity index (χ4n) is 3.29. The molecule has 0 aromatic carbocycles. The van der Waals surface area contributed by atoms with E-state index in [1.54, 1.807) is 0 Å². The van der Waals surface area contributed by atoms with Crippen LogP contribution in [0.15, 0.2) is 12.3 Å². The van der Waals surface area contributed by atoms with Crippen molar-refractivity contribution in [1.82, 2.24) is 5.32 Å². The summed E-state index contributed by atoms with van der Waals surface area (Å²) in [7, 11) is 0. The lowest BCUT2D eigenvalue weighted by Crippen LogP contribution is -2.16. The minimum Gasteiger partial charge on any atom is -0.333 e. The second-order valence-electron chi connectivity index (χ2n) is 7.81. The van der Waals surface area contributed by atoms with Crippen LogP contribution in [0.4, 0.5) is 0 Å². The molecule has 0 saturated carbocycles. The molecule has 154 valence electrons. The zero-order valence-electron chi connectivity index (χ0n) is 18.0. The van der Waals surface area contributed by atoms with Gasteiger partial charge in [0.05, 0.1) is 0 Å². The minimum atomic E-state index is 0.174. The quantitative estimate of drug-likeness (QED) is 0.217. The van der Waals surface area contributed by atoms with Gasteiger partial charge in [0.25, 0.3) is 0 Å². The van der Waals surface area contributed by atoms with Gasteiger partial charge >= 0.3 is 0 Å². The maximum atomic E-state index is 11.6. The molecule has 0 fully saturated rings. The molecule has 1 amide bonds. The van der Waals surface area contributed by atoms with Gasteiger partial charge in [-0.25, -0.2) is 0 Å². The van der Waals surface area contributed by atoms with Gasteiger partial charge in [-0.2, -0.15) is 0 Å². The number of amides is 1. The van der Waals surface area contributed by atoms with Crippen LogP contribution < -0.4 is 5.32 Å². The predicted molar refractivity (Wildman–Crippen MR) is 116 cm³/mol. The molecule has 0 atom stereocenters. The van der Waals surface area contributed by atoms with Gasteiger partial charge in [-0.15, -0.1) is 0 Å². The van der Waals surface area contributed by atoms with Crippen molar-refractivity contribution in [2.75, 3.05) is 0 Å². The summed E-state index contributed by atoms with van der Waals surface area (Å²) >= 11 is 0. The summed E-state index contributed by atoms with van der Waals surface area (Å²) in [4.78, 5) is 11.6. The van der Waals surface area contributed by atoms with E-state index in [0.29, 0.717) is 6.42 Å². The first-order valence-corrected chi connectivity index (χ1v) is 11.8. The SMILES string of the molecule is CCCCC=CNC(=O)CCCCCCCCCCCCCCCCC. The number of nitrogens with one attached hydrogen (secondary N) is 1. The van der Waals surface area contributed by atoms with Crippen molar-refractivity contribution in [3.05, 3.63) is 12.3 Å². The van der Waals surface area contributed by atoms with E-state index >= 15 is 0 Å². The van der Waals surface area contributed by atoms with Crippen LogP contribution in [-0.4, -0.2) is 5.91 Å². The summed E-state index contributed by atoms with van der Waals surface area (Å²) in [5.41, 5.74) is 0. The van der Waals surface area contributed by atoms with Gasteiger partial charge in [-0.3, -0.25) is 4.79 Å². The largest absolute Gasteiger partial charge is 0.333 e. The van der Waals surface area contributed by atoms with Gasteiger partial charge in [0, 0.05) is 6.42 Å². The van der Waals surface area contributed by atoms with E-state index < -0.39 is 0 Å². The highest BCUT2D eigenvalue weighted by Crippen LogP contribution is 2.13. The molecule has 0 aliphatic rings. The van der Waals surface area contributed by atoms with Gasteiger partial charge in [-0.1, -0.05) is 123 Å². The van der Waals surface area contributed by atoms with Crippen LogP contribution in [0.5, 0.6) is 0 Å². The Morgan fingerprint density at radius 1 is 0.615 bits per heavy atom. The summed E-state index contributed by atoms with van der Waals surface area (Å²) in [6.45, 7) is 4.47. The smallest absolute Gasteiger partial charge is 0.223 e. The monoisotopic (exact) mass is 365 g/mol. The third-order valence-electron chi connectivity index (χ3n) is 5.09. The number of allylic oxidation sites excluding steroid dienone is 1. The average Bonchev–Trinajstić information content (AvgIpc) is 2.64. The van der Waals surface area contributed by atoms with E-state index in [1.165, 1.54) is 103 Å². The molecule has 0 spiro atoms. The van der Waals surface area contributed by atoms with Crippen LogP contribution in [-0.2, 0) is 4.79 Å². The Balaban J connectivity index is 3.15. The molecule has 0 unspecified atom stereocenters. The third kappa shape index (κ3) is 21.3. The van der Waals surface area contributed by atoms with Crippen molar-refractivity contribution >= 4 is 5.91 Å². The lowest BCUT2D eigenvalue weighted by Gasteiger charge is -2.03. The normalized spacial score (nSPS) is 11.3. The molecule has 2 nitrogen and oxygen atoms in total. The Morgan fingerprint density at radius 3 is 1.50 bits per heavy atom. The number of hydrogen-bond donors (Lipinski definition) is 1. The number of carbonyl (C=O) groups is 1. The first-order chi connectivity index (χ1) is 12.8. The second kappa shape index (κ2) is 22.3. The van der Waals surface area contributed by atoms with Crippen molar-refractivity contribution in [2.45, 2.75) is 136 Å². The lowest BCUT2D eigenvalue weighted by molar-refractivity contribution is -0.120. The number of rotatable bonds is 20. The molecule has 1 N–H and O–H groups in total. The Hall–Kier alpha value is -0.790. The average molecular weight is 366 g/mol. The van der Waals surface area contributed by atoms with E-state index in [2.05, 4.69) is 25.2 Å². The fraction of sp³-hybridized carbons (Fsp3) is 0.875. The highest BCUT2D eigenvalue weighted by molar-refractivity contribution is 5.76. The molecule has 0 aliphatic heterocycles. The second-order valence-corrected chi connectivity index (χ2v) is 7.81. The van der Waals surface area contributed by atoms with Gasteiger partial charge < -0.3 is 5.32 Å². The van der Waals surface area contributed by atoms with Gasteiger partial charge in [0.2, 0.25) is 5.91 Å². The van der Waals surface area contributed by atoms with E-state index in [-0.39, 0.29) is 5.91 Å². The molecule has 0 aromatic rings. The Morgan fingerprint density at radius 2 is 1.04 bits per heavy atom. The molecule has 0 radical (unpaired) electrons. The Bertz CT molecular complexity index is 311. The maximum absolute atomic E-state index is 11.6. The summed E-state index contributed by atoms with van der Waals surface area (Å²) in [5, 5.41) is 2.87. The van der Waals surface area contributed by atoms with Gasteiger partial charge in [0.1, 0.15) is 0 Å². The predicted octanol–water partition coefficient (Wildman–Crippen LogP) is 8.07. The molecule has 0 aromatic heterocycles. The van der Waals surface area contributed by atoms with Crippen molar-refractivity contribution in [2.24, 2.45) is 0 Å². The molecule has 2 heteroatoms. The lowest BCUT2D eigenvalue weighted by atomic mass is 10.0. The van der Waals surface area contributed by atoms with Gasteiger partial charge in [-0.05, 0) is 19.0 Å². The first kappa shape index (κ1) is 25.2. The summed E-state index contributed by atoms with van der Waals surface area (Å²) in [6.07, 6.45) is 28.5. The molecule has 0 bridgehead atoms. The van der Waals surface area contributed by atoms with E-state index in [4.69, 9.17) is 0 Å². The van der Waals surface area contributed by atoms with Crippen LogP contribution in [0, 0.1) is 0 Å². The summed E-state index contributed by atoms with van der Waals surface area (Å²) in [6, 6.07) is 0. The standard InChI is InChI=1S/C24H47NO/c1-3-5-7-9-10-11-12-13-14-15-16-17-18-19-20-22-24(26)25-23-21-8-6-4-2/h21,23H,3-20,22H2,1-2H3,(H,25,26). The molecule has 0 saturated heterocycles. The maximum Gasteiger partial charge on any atom is 0.223 e. The van der Waals surface area contributed by atoms with E-state index in [0.717, 1.165) is 12.8 Å². The number of hydrogen-bond acceptors (Lipinski definition) is 1. The summed E-state index contributed by atoms with van der Waals surface area (Å²) < 4.78 is 0. The number of carbonyl (C=O) groups excluding carboxylic acids is 1. The molecule has 0 rings (SSSR count). The molecule has 26 heavy (non-hydrogen) atoms. The van der Waals surface area contributed by atoms with Crippen molar-refractivity contribution in [1.29, 1.82) is 0 Å². The van der Waals surface area contributed by atoms with Crippen LogP contribution in [0.3, 0.4) is 0 Å². The van der Waals surface area contributed by atoms with E-state index in [1.807, 2.05) is 6.20 Å². The Kier molecular flexibility index (Phi) is 21.6. The van der Waals surface area contributed by atoms with Crippen LogP contribution in [0.1, 0.15) is 136 Å². The van der Waals surface area contributed by atoms with Crippen LogP contribution >= 0.6 is 0 Å². The number of unbranched alkanes of at least 4 members (excludes halogenated alkanes) is 16. The third-order valence-corrected chi connectivity index (χ3v) is 5.09. The van der Waals surface area contributed by atoms with Crippen molar-refractivity contribution in [3.8, 4) is 0 Å². The molecular weight excluding hydrogens is 318 g/mol. The summed E-state index contributed by atoms with van der Waals surface area (Å²) in [5.74, 6) is 0.174. The zero-order chi connectivity index (χ0) is 19.1. The molecular formula is C24H47NO. The van der Waals surface area contributed by atoms with E-state index in [9.17, 15) is 4.79 Å². The zero-order valence-corrected chi connectivity index (χ0v) is 18.0. The molecule has 0 aliphatic carbocycles. The molecule has 0 heterocycles. The minimum absolute atomic E-state index is 0.174. The van der Waals surface area contributed by atoms with Crippen LogP contribution in [0.25, 0.3) is 0 Å². The fourth-order valence-corrected chi connectivity index (χ4v) is 3.29. The first-order valence-electron chi connectivity index (χ1n) is 11.8. The highest BCUT2D eigenvalue weighted by Gasteiger charge is 1.98. The van der Waals surface area contributed by atoms with Crippen molar-refractivity contribution < 1.29 is 4.79 Å². The highest BCUT2D eigenvalue weighted by atomic mass is 16.1.